The second-order valence-corrected chi connectivity index (χ2v) is 12.6. The van der Waals surface area contributed by atoms with E-state index in [1.807, 2.05) is 6.92 Å². The normalized spacial score (nSPS) is 14.4. The van der Waals surface area contributed by atoms with Crippen LogP contribution in [0.2, 0.25) is 5.02 Å². The predicted molar refractivity (Wildman–Crippen MR) is 159 cm³/mol. The molecule has 0 aliphatic heterocycles. The second-order valence-electron chi connectivity index (χ2n) is 10.3. The van der Waals surface area contributed by atoms with Crippen LogP contribution in [-0.4, -0.2) is 43.8 Å². The lowest BCUT2D eigenvalue weighted by atomic mass is 10.1. The first-order chi connectivity index (χ1) is 19.6. The Bertz CT molecular complexity index is 1480. The number of para-hydroxylation sites is 1. The fourth-order valence-corrected chi connectivity index (χ4v) is 6.72. The minimum atomic E-state index is -4.36. The van der Waals surface area contributed by atoms with Gasteiger partial charge < -0.3 is 10.2 Å². The van der Waals surface area contributed by atoms with E-state index in [4.69, 9.17) is 11.6 Å². The van der Waals surface area contributed by atoms with E-state index >= 15 is 4.39 Å². The number of carbonyl (C=O) groups is 2. The fourth-order valence-electron chi connectivity index (χ4n) is 5.10. The van der Waals surface area contributed by atoms with Crippen molar-refractivity contribution < 1.29 is 22.4 Å². The van der Waals surface area contributed by atoms with Crippen LogP contribution in [0, 0.1) is 12.7 Å². The van der Waals surface area contributed by atoms with Gasteiger partial charge in [-0.1, -0.05) is 79.4 Å². The summed E-state index contributed by atoms with van der Waals surface area (Å²) in [5, 5.41) is 3.48. The topological polar surface area (TPSA) is 86.8 Å². The molecule has 1 saturated carbocycles. The first kappa shape index (κ1) is 30.5. The Labute approximate surface area is 246 Å². The highest BCUT2D eigenvalue weighted by Crippen LogP contribution is 2.28. The highest BCUT2D eigenvalue weighted by atomic mass is 35.5. The lowest BCUT2D eigenvalue weighted by Gasteiger charge is -2.34. The number of amides is 2. The highest BCUT2D eigenvalue weighted by Gasteiger charge is 2.35. The number of hydrogen-bond acceptors (Lipinski definition) is 4. The summed E-state index contributed by atoms with van der Waals surface area (Å²) in [6.07, 6.45) is 4.09. The van der Waals surface area contributed by atoms with E-state index in [1.165, 1.54) is 35.2 Å². The molecule has 4 rings (SSSR count). The molecule has 0 heterocycles. The van der Waals surface area contributed by atoms with Crippen molar-refractivity contribution in [3.05, 3.63) is 94.8 Å². The lowest BCUT2D eigenvalue weighted by Crippen LogP contribution is -2.53. The number of hydrogen-bond donors (Lipinski definition) is 1. The number of sulfonamides is 1. The van der Waals surface area contributed by atoms with Crippen molar-refractivity contribution in [2.75, 3.05) is 10.8 Å². The molecule has 0 bridgehead atoms. The standard InChI is InChI=1S/C31H35ClFN3O4S/c1-3-28(31(38)34-24-11-5-6-12-24)35(20-23-10-4-7-13-26(23)32)30(37)21-36(29-15-9-8-14-27(29)33)41(39,40)25-18-16-22(2)17-19-25/h4,7-10,13-19,24,28H,3,5-6,11-12,20-21H2,1-2H3,(H,34,38)/t28-/m0/s1. The van der Waals surface area contributed by atoms with Gasteiger partial charge in [0.05, 0.1) is 10.6 Å². The Hall–Kier alpha value is -3.43. The molecule has 1 atom stereocenters. The third kappa shape index (κ3) is 7.26. The summed E-state index contributed by atoms with van der Waals surface area (Å²) in [5.74, 6) is -1.75. The number of aryl methyl sites for hydroxylation is 1. The van der Waals surface area contributed by atoms with Gasteiger partial charge in [0.2, 0.25) is 11.8 Å². The van der Waals surface area contributed by atoms with Crippen LogP contribution in [0.3, 0.4) is 0 Å². The molecule has 10 heteroatoms. The van der Waals surface area contributed by atoms with Gasteiger partial charge in [0.15, 0.2) is 0 Å². The molecule has 1 N–H and O–H groups in total. The molecular formula is C31H35ClFN3O4S. The molecular weight excluding hydrogens is 565 g/mol. The Morgan fingerprint density at radius 2 is 1.63 bits per heavy atom. The molecule has 1 aliphatic rings. The zero-order valence-corrected chi connectivity index (χ0v) is 24.8. The summed E-state index contributed by atoms with van der Waals surface area (Å²) in [4.78, 5) is 28.9. The number of nitrogens with zero attached hydrogens (tertiary/aromatic N) is 2. The van der Waals surface area contributed by atoms with Crippen molar-refractivity contribution in [1.82, 2.24) is 10.2 Å². The van der Waals surface area contributed by atoms with Gasteiger partial charge in [-0.2, -0.15) is 0 Å². The van der Waals surface area contributed by atoms with Gasteiger partial charge in [0, 0.05) is 17.6 Å². The van der Waals surface area contributed by atoms with Crippen LogP contribution in [0.4, 0.5) is 10.1 Å². The maximum Gasteiger partial charge on any atom is 0.264 e. The largest absolute Gasteiger partial charge is 0.352 e. The summed E-state index contributed by atoms with van der Waals surface area (Å²) < 4.78 is 43.6. The molecule has 0 unspecified atom stereocenters. The zero-order valence-electron chi connectivity index (χ0n) is 23.2. The van der Waals surface area contributed by atoms with Crippen LogP contribution in [0.15, 0.2) is 77.7 Å². The van der Waals surface area contributed by atoms with E-state index in [-0.39, 0.29) is 29.1 Å². The van der Waals surface area contributed by atoms with Gasteiger partial charge in [-0.05, 0) is 62.1 Å². The van der Waals surface area contributed by atoms with Gasteiger partial charge in [0.1, 0.15) is 18.4 Å². The van der Waals surface area contributed by atoms with Crippen molar-refractivity contribution in [3.8, 4) is 0 Å². The van der Waals surface area contributed by atoms with E-state index < -0.39 is 34.3 Å². The van der Waals surface area contributed by atoms with Crippen molar-refractivity contribution in [2.45, 2.75) is 69.5 Å². The van der Waals surface area contributed by atoms with Gasteiger partial charge in [-0.3, -0.25) is 13.9 Å². The first-order valence-corrected chi connectivity index (χ1v) is 15.6. The van der Waals surface area contributed by atoms with E-state index in [9.17, 15) is 18.0 Å². The Morgan fingerprint density at radius 1 is 1.00 bits per heavy atom. The molecule has 3 aromatic carbocycles. The predicted octanol–water partition coefficient (Wildman–Crippen LogP) is 5.85. The molecule has 7 nitrogen and oxygen atoms in total. The number of carbonyl (C=O) groups excluding carboxylic acids is 2. The Kier molecular flexibility index (Phi) is 10.0. The van der Waals surface area contributed by atoms with Crippen LogP contribution in [-0.2, 0) is 26.2 Å². The molecule has 0 saturated heterocycles. The molecule has 1 aliphatic carbocycles. The highest BCUT2D eigenvalue weighted by molar-refractivity contribution is 7.92. The number of anilines is 1. The van der Waals surface area contributed by atoms with E-state index in [0.29, 0.717) is 17.0 Å². The Morgan fingerprint density at radius 3 is 2.27 bits per heavy atom. The zero-order chi connectivity index (χ0) is 29.6. The van der Waals surface area contributed by atoms with Crippen LogP contribution in [0.1, 0.15) is 50.2 Å². The van der Waals surface area contributed by atoms with Crippen molar-refractivity contribution >= 4 is 39.1 Å². The molecule has 41 heavy (non-hydrogen) atoms. The summed E-state index contributed by atoms with van der Waals surface area (Å²) in [5.41, 5.74) is 1.19. The summed E-state index contributed by atoms with van der Waals surface area (Å²) in [6.45, 7) is 2.88. The summed E-state index contributed by atoms with van der Waals surface area (Å²) >= 11 is 6.43. The van der Waals surface area contributed by atoms with E-state index in [1.54, 1.807) is 43.3 Å². The van der Waals surface area contributed by atoms with Crippen molar-refractivity contribution in [1.29, 1.82) is 0 Å². The molecule has 0 aromatic heterocycles. The molecule has 3 aromatic rings. The van der Waals surface area contributed by atoms with Crippen LogP contribution in [0.5, 0.6) is 0 Å². The van der Waals surface area contributed by atoms with Gasteiger partial charge in [-0.25, -0.2) is 12.8 Å². The number of halogens is 2. The molecule has 2 amide bonds. The third-order valence-corrected chi connectivity index (χ3v) is 9.54. The lowest BCUT2D eigenvalue weighted by molar-refractivity contribution is -0.140. The van der Waals surface area contributed by atoms with Crippen LogP contribution in [0.25, 0.3) is 0 Å². The Balaban J connectivity index is 1.73. The minimum absolute atomic E-state index is 0.0230. The fraction of sp³-hybridized carbons (Fsp3) is 0.355. The summed E-state index contributed by atoms with van der Waals surface area (Å²) in [7, 11) is -4.36. The van der Waals surface area contributed by atoms with Crippen LogP contribution < -0.4 is 9.62 Å². The van der Waals surface area contributed by atoms with Gasteiger partial charge >= 0.3 is 0 Å². The van der Waals surface area contributed by atoms with Crippen molar-refractivity contribution in [3.63, 3.8) is 0 Å². The quantitative estimate of drug-likeness (QED) is 0.300. The van der Waals surface area contributed by atoms with Gasteiger partial charge in [-0.15, -0.1) is 0 Å². The average molecular weight is 600 g/mol. The average Bonchev–Trinajstić information content (AvgIpc) is 3.46. The van der Waals surface area contributed by atoms with E-state index in [2.05, 4.69) is 5.32 Å². The second kappa shape index (κ2) is 13.5. The molecule has 0 spiro atoms. The summed E-state index contributed by atoms with van der Waals surface area (Å²) in [6, 6.07) is 17.7. The molecule has 0 radical (unpaired) electrons. The van der Waals surface area contributed by atoms with Gasteiger partial charge in [0.25, 0.3) is 10.0 Å². The number of nitrogens with one attached hydrogen (secondary N) is 1. The number of benzene rings is 3. The molecule has 218 valence electrons. The van der Waals surface area contributed by atoms with Crippen LogP contribution >= 0.6 is 11.6 Å². The smallest absolute Gasteiger partial charge is 0.264 e. The third-order valence-electron chi connectivity index (χ3n) is 7.39. The van der Waals surface area contributed by atoms with Crippen molar-refractivity contribution in [2.24, 2.45) is 0 Å². The number of rotatable bonds is 11. The minimum Gasteiger partial charge on any atom is -0.352 e. The molecule has 1 fully saturated rings. The monoisotopic (exact) mass is 599 g/mol. The first-order valence-electron chi connectivity index (χ1n) is 13.8. The maximum absolute atomic E-state index is 15.1. The SMILES string of the molecule is CC[C@@H](C(=O)NC1CCCC1)N(Cc1ccccc1Cl)C(=O)CN(c1ccccc1F)S(=O)(=O)c1ccc(C)cc1. The maximum atomic E-state index is 15.1. The van der Waals surface area contributed by atoms with E-state index in [0.717, 1.165) is 41.6 Å².